The van der Waals surface area contributed by atoms with E-state index >= 15 is 0 Å². The third-order valence-corrected chi connectivity index (χ3v) is 3.57. The van der Waals surface area contributed by atoms with Gasteiger partial charge in [-0.05, 0) is 53.0 Å². The Labute approximate surface area is 141 Å². The van der Waals surface area contributed by atoms with Gasteiger partial charge in [0.2, 0.25) is 0 Å². The second-order valence-corrected chi connectivity index (χ2v) is 5.26. The second kappa shape index (κ2) is 9.38. The van der Waals surface area contributed by atoms with Crippen molar-refractivity contribution in [3.8, 4) is 5.75 Å². The Morgan fingerprint density at radius 1 is 1.00 bits per heavy atom. The van der Waals surface area contributed by atoms with E-state index in [1.54, 1.807) is 6.21 Å². The van der Waals surface area contributed by atoms with Crippen molar-refractivity contribution in [2.24, 2.45) is 4.99 Å². The molecular formula is C18H22BrNO2. The topological polar surface area (TPSA) is 30.8 Å². The average molecular weight is 364 g/mol. The van der Waals surface area contributed by atoms with Crippen LogP contribution in [0.15, 0.2) is 45.9 Å². The molecule has 0 aliphatic rings. The molecule has 0 bridgehead atoms. The number of hydrogen-bond donors (Lipinski definition) is 0. The number of aryl methyl sites for hydroxylation is 2. The summed E-state index contributed by atoms with van der Waals surface area (Å²) in [5, 5.41) is 0. The first kappa shape index (κ1) is 18.4. The van der Waals surface area contributed by atoms with E-state index in [0.717, 1.165) is 26.9 Å². The number of rotatable bonds is 4. The lowest BCUT2D eigenvalue weighted by Crippen LogP contribution is -1.97. The molecule has 0 heterocycles. The van der Waals surface area contributed by atoms with Crippen molar-refractivity contribution in [1.82, 2.24) is 0 Å². The van der Waals surface area contributed by atoms with E-state index in [1.807, 2.05) is 64.1 Å². The zero-order chi connectivity index (χ0) is 16.5. The molecule has 0 aromatic heterocycles. The van der Waals surface area contributed by atoms with E-state index in [0.29, 0.717) is 5.75 Å². The van der Waals surface area contributed by atoms with Crippen LogP contribution < -0.4 is 4.89 Å². The molecule has 0 aliphatic heterocycles. The Morgan fingerprint density at radius 2 is 1.64 bits per heavy atom. The van der Waals surface area contributed by atoms with Gasteiger partial charge in [0.1, 0.15) is 0 Å². The number of aliphatic imine (C=N–C) groups is 1. The quantitative estimate of drug-likeness (QED) is 0.391. The number of para-hydroxylation sites is 2. The number of benzene rings is 2. The molecule has 2 aromatic rings. The van der Waals surface area contributed by atoms with Crippen LogP contribution in [-0.4, -0.2) is 13.3 Å². The van der Waals surface area contributed by atoms with Crippen molar-refractivity contribution in [3.05, 3.63) is 57.6 Å². The summed E-state index contributed by atoms with van der Waals surface area (Å²) in [6.07, 6.45) is 1.79. The van der Waals surface area contributed by atoms with Gasteiger partial charge in [-0.25, -0.2) is 0 Å². The van der Waals surface area contributed by atoms with Gasteiger partial charge in [0.05, 0.1) is 12.8 Å². The highest BCUT2D eigenvalue weighted by Gasteiger charge is 2.07. The van der Waals surface area contributed by atoms with Crippen molar-refractivity contribution in [2.75, 3.05) is 7.11 Å². The first-order valence-corrected chi connectivity index (χ1v) is 8.02. The predicted molar refractivity (Wildman–Crippen MR) is 96.3 cm³/mol. The Bertz CT molecular complexity index is 619. The van der Waals surface area contributed by atoms with E-state index in [-0.39, 0.29) is 0 Å². The average Bonchev–Trinajstić information content (AvgIpc) is 2.52. The van der Waals surface area contributed by atoms with Gasteiger partial charge in [-0.2, -0.15) is 4.89 Å². The third-order valence-electron chi connectivity index (χ3n) is 2.93. The highest BCUT2D eigenvalue weighted by Crippen LogP contribution is 2.29. The molecule has 0 aliphatic carbocycles. The normalized spacial score (nSPS) is 10.3. The van der Waals surface area contributed by atoms with Crippen LogP contribution in [0.3, 0.4) is 0 Å². The summed E-state index contributed by atoms with van der Waals surface area (Å²) in [5.74, 6) is 0.684. The summed E-state index contributed by atoms with van der Waals surface area (Å²) in [6.45, 7) is 8.00. The molecule has 0 saturated carbocycles. The highest BCUT2D eigenvalue weighted by molar-refractivity contribution is 9.10. The fraction of sp³-hybridized carbons (Fsp3) is 0.278. The largest absolute Gasteiger partial charge is 0.337 e. The fourth-order valence-electron chi connectivity index (χ4n) is 1.89. The molecule has 2 aromatic carbocycles. The van der Waals surface area contributed by atoms with E-state index < -0.39 is 0 Å². The standard InChI is InChI=1S/C16H16BrNO2.C2H6/c1-11-6-5-9-14(17)15(11)18-10-13-8-4-7-12(2)16(13)20-19-3;1-2/h4-10H,1-3H3;1-2H3. The van der Waals surface area contributed by atoms with Gasteiger partial charge in [0.15, 0.2) is 5.75 Å². The number of nitrogens with zero attached hydrogens (tertiary/aromatic N) is 1. The van der Waals surface area contributed by atoms with E-state index in [1.165, 1.54) is 7.11 Å². The Hall–Kier alpha value is -1.65. The Morgan fingerprint density at radius 3 is 2.27 bits per heavy atom. The van der Waals surface area contributed by atoms with Gasteiger partial charge >= 0.3 is 0 Å². The summed E-state index contributed by atoms with van der Waals surface area (Å²) >= 11 is 3.51. The van der Waals surface area contributed by atoms with Crippen LogP contribution >= 0.6 is 15.9 Å². The van der Waals surface area contributed by atoms with Crippen LogP contribution in [0.1, 0.15) is 30.5 Å². The Balaban J connectivity index is 0.00000116. The van der Waals surface area contributed by atoms with Gasteiger partial charge < -0.3 is 4.89 Å². The molecule has 0 radical (unpaired) electrons. The molecule has 0 fully saturated rings. The third kappa shape index (κ3) is 4.68. The molecule has 22 heavy (non-hydrogen) atoms. The van der Waals surface area contributed by atoms with Crippen LogP contribution in [0.25, 0.3) is 0 Å². The zero-order valence-electron chi connectivity index (χ0n) is 13.7. The van der Waals surface area contributed by atoms with E-state index in [2.05, 4.69) is 20.9 Å². The minimum Gasteiger partial charge on any atom is -0.337 e. The summed E-state index contributed by atoms with van der Waals surface area (Å²) in [7, 11) is 1.49. The van der Waals surface area contributed by atoms with Gasteiger partial charge in [-0.3, -0.25) is 4.99 Å². The summed E-state index contributed by atoms with van der Waals surface area (Å²) in [5.41, 5.74) is 3.90. The molecule has 0 amide bonds. The zero-order valence-corrected chi connectivity index (χ0v) is 15.3. The molecule has 4 heteroatoms. The van der Waals surface area contributed by atoms with Crippen molar-refractivity contribution >= 4 is 27.8 Å². The second-order valence-electron chi connectivity index (χ2n) is 4.41. The fourth-order valence-corrected chi connectivity index (χ4v) is 2.46. The maximum atomic E-state index is 5.21. The number of hydrogen-bond acceptors (Lipinski definition) is 3. The first-order valence-electron chi connectivity index (χ1n) is 7.23. The molecule has 0 saturated heterocycles. The van der Waals surface area contributed by atoms with Crippen molar-refractivity contribution in [3.63, 3.8) is 0 Å². The predicted octanol–water partition coefficient (Wildman–Crippen LogP) is 5.78. The maximum absolute atomic E-state index is 5.21. The first-order chi connectivity index (χ1) is 10.6. The van der Waals surface area contributed by atoms with Crippen LogP contribution in [-0.2, 0) is 4.89 Å². The molecule has 0 N–H and O–H groups in total. The summed E-state index contributed by atoms with van der Waals surface area (Å²) < 4.78 is 0.968. The highest BCUT2D eigenvalue weighted by atomic mass is 79.9. The summed E-state index contributed by atoms with van der Waals surface area (Å²) in [4.78, 5) is 14.5. The molecule has 0 unspecified atom stereocenters. The minimum absolute atomic E-state index is 0.684. The van der Waals surface area contributed by atoms with Crippen LogP contribution in [0.2, 0.25) is 0 Å². The van der Waals surface area contributed by atoms with Gasteiger partial charge in [0.25, 0.3) is 0 Å². The van der Waals surface area contributed by atoms with Gasteiger partial charge in [0, 0.05) is 16.3 Å². The van der Waals surface area contributed by atoms with E-state index in [9.17, 15) is 0 Å². The molecule has 0 spiro atoms. The molecule has 2 rings (SSSR count). The maximum Gasteiger partial charge on any atom is 0.177 e. The smallest absolute Gasteiger partial charge is 0.177 e. The number of halogens is 1. The van der Waals surface area contributed by atoms with Crippen LogP contribution in [0.4, 0.5) is 5.69 Å². The molecule has 0 atom stereocenters. The SMILES string of the molecule is CC.COOc1c(C)cccc1C=Nc1c(C)cccc1Br. The van der Waals surface area contributed by atoms with Crippen molar-refractivity contribution in [1.29, 1.82) is 0 Å². The van der Waals surface area contributed by atoms with Gasteiger partial charge in [-0.15, -0.1) is 0 Å². The van der Waals surface area contributed by atoms with Crippen LogP contribution in [0, 0.1) is 13.8 Å². The lowest BCUT2D eigenvalue weighted by molar-refractivity contribution is -0.178. The Kier molecular flexibility index (Phi) is 7.85. The minimum atomic E-state index is 0.684. The molecule has 3 nitrogen and oxygen atoms in total. The lowest BCUT2D eigenvalue weighted by Gasteiger charge is -2.08. The van der Waals surface area contributed by atoms with E-state index in [4.69, 9.17) is 9.78 Å². The van der Waals surface area contributed by atoms with Crippen molar-refractivity contribution in [2.45, 2.75) is 27.7 Å². The molecule has 118 valence electrons. The lowest BCUT2D eigenvalue weighted by atomic mass is 10.1. The monoisotopic (exact) mass is 363 g/mol. The van der Waals surface area contributed by atoms with Crippen molar-refractivity contribution < 1.29 is 9.78 Å². The van der Waals surface area contributed by atoms with Gasteiger partial charge in [-0.1, -0.05) is 38.1 Å². The summed E-state index contributed by atoms with van der Waals surface area (Å²) in [6, 6.07) is 11.9. The molecular weight excluding hydrogens is 342 g/mol. The van der Waals surface area contributed by atoms with Crippen LogP contribution in [0.5, 0.6) is 5.75 Å².